The minimum Gasteiger partial charge on any atom is -0.362 e. The third-order valence-electron chi connectivity index (χ3n) is 3.47. The van der Waals surface area contributed by atoms with Crippen molar-refractivity contribution in [2.45, 2.75) is 13.0 Å². The van der Waals surface area contributed by atoms with E-state index in [0.29, 0.717) is 17.3 Å². The van der Waals surface area contributed by atoms with E-state index >= 15 is 0 Å². The molecule has 24 heavy (non-hydrogen) atoms. The molecule has 0 saturated heterocycles. The summed E-state index contributed by atoms with van der Waals surface area (Å²) in [4.78, 5) is 4.41. The highest BCUT2D eigenvalue weighted by atomic mass is 15.3. The van der Waals surface area contributed by atoms with Gasteiger partial charge >= 0.3 is 0 Å². The second-order valence-electron chi connectivity index (χ2n) is 5.26. The number of hydrogen-bond acceptors (Lipinski definition) is 6. The number of aromatic nitrogens is 3. The van der Waals surface area contributed by atoms with Crippen molar-refractivity contribution >= 4 is 17.5 Å². The molecule has 1 aromatic heterocycles. The Hall–Kier alpha value is -3.46. The van der Waals surface area contributed by atoms with Crippen molar-refractivity contribution in [3.8, 4) is 6.07 Å². The van der Waals surface area contributed by atoms with Gasteiger partial charge in [0, 0.05) is 11.7 Å². The van der Waals surface area contributed by atoms with E-state index in [0.717, 1.165) is 11.3 Å². The van der Waals surface area contributed by atoms with E-state index in [1.165, 1.54) is 0 Å². The van der Waals surface area contributed by atoms with E-state index in [2.05, 4.69) is 50.9 Å². The minimum absolute atomic E-state index is 0.0951. The van der Waals surface area contributed by atoms with Crippen LogP contribution < -0.4 is 10.6 Å². The zero-order chi connectivity index (χ0) is 16.8. The first-order valence-electron chi connectivity index (χ1n) is 7.53. The molecule has 0 saturated carbocycles. The van der Waals surface area contributed by atoms with Crippen LogP contribution in [0.1, 0.15) is 24.1 Å². The predicted molar refractivity (Wildman–Crippen MR) is 92.7 cm³/mol. The summed E-state index contributed by atoms with van der Waals surface area (Å²) in [6.45, 7) is 2.06. The summed E-state index contributed by atoms with van der Waals surface area (Å²) in [7, 11) is 0. The lowest BCUT2D eigenvalue weighted by Crippen LogP contribution is -2.09. The second-order valence-corrected chi connectivity index (χ2v) is 5.26. The first-order valence-corrected chi connectivity index (χ1v) is 7.53. The Morgan fingerprint density at radius 3 is 2.71 bits per heavy atom. The lowest BCUT2D eigenvalue weighted by Gasteiger charge is -2.15. The first kappa shape index (κ1) is 15.4. The van der Waals surface area contributed by atoms with Crippen LogP contribution in [0.15, 0.2) is 60.8 Å². The summed E-state index contributed by atoms with van der Waals surface area (Å²) >= 11 is 0. The van der Waals surface area contributed by atoms with Gasteiger partial charge in [-0.25, -0.2) is 0 Å². The topological polar surface area (TPSA) is 86.5 Å². The van der Waals surface area contributed by atoms with Gasteiger partial charge in [-0.15, -0.1) is 5.10 Å². The van der Waals surface area contributed by atoms with Gasteiger partial charge in [-0.05, 0) is 30.7 Å². The number of nitriles is 1. The number of anilines is 3. The van der Waals surface area contributed by atoms with E-state index in [9.17, 15) is 0 Å². The van der Waals surface area contributed by atoms with Gasteiger partial charge in [0.05, 0.1) is 17.8 Å². The van der Waals surface area contributed by atoms with Gasteiger partial charge in [0.15, 0.2) is 5.82 Å². The number of nitrogens with zero attached hydrogens (tertiary/aromatic N) is 4. The van der Waals surface area contributed by atoms with Crippen LogP contribution in [0.2, 0.25) is 0 Å². The number of benzene rings is 2. The van der Waals surface area contributed by atoms with E-state index in [1.54, 1.807) is 24.4 Å². The molecule has 0 aliphatic heterocycles. The quantitative estimate of drug-likeness (QED) is 0.747. The molecule has 3 aromatic rings. The molecule has 6 heteroatoms. The Labute approximate surface area is 140 Å². The maximum atomic E-state index is 8.95. The highest BCUT2D eigenvalue weighted by molar-refractivity contribution is 5.56. The minimum atomic E-state index is 0.0951. The van der Waals surface area contributed by atoms with Gasteiger partial charge in [0.1, 0.15) is 0 Å². The molecule has 3 rings (SSSR count). The van der Waals surface area contributed by atoms with Crippen molar-refractivity contribution < 1.29 is 0 Å². The smallest absolute Gasteiger partial charge is 0.249 e. The van der Waals surface area contributed by atoms with Crippen LogP contribution >= 0.6 is 0 Å². The molecular formula is C18H16N6. The predicted octanol–water partition coefficient (Wildman–Crippen LogP) is 3.66. The lowest BCUT2D eigenvalue weighted by atomic mass is 10.1. The Kier molecular flexibility index (Phi) is 4.63. The molecule has 0 amide bonds. The van der Waals surface area contributed by atoms with Crippen molar-refractivity contribution in [2.75, 3.05) is 10.6 Å². The van der Waals surface area contributed by atoms with Crippen molar-refractivity contribution in [2.24, 2.45) is 0 Å². The first-order chi connectivity index (χ1) is 11.7. The van der Waals surface area contributed by atoms with Crippen molar-refractivity contribution in [3.63, 3.8) is 0 Å². The molecule has 1 atom stereocenters. The summed E-state index contributed by atoms with van der Waals surface area (Å²) in [6, 6.07) is 19.4. The van der Waals surface area contributed by atoms with Crippen molar-refractivity contribution in [3.05, 3.63) is 71.9 Å². The Bertz CT molecular complexity index is 857. The van der Waals surface area contributed by atoms with Crippen LogP contribution in [0.3, 0.4) is 0 Å². The number of rotatable bonds is 5. The molecule has 1 unspecified atom stereocenters. The van der Waals surface area contributed by atoms with Gasteiger partial charge in [0.2, 0.25) is 5.95 Å². The molecule has 0 fully saturated rings. The van der Waals surface area contributed by atoms with Gasteiger partial charge in [0.25, 0.3) is 0 Å². The zero-order valence-electron chi connectivity index (χ0n) is 13.1. The average Bonchev–Trinajstić information content (AvgIpc) is 2.63. The third-order valence-corrected chi connectivity index (χ3v) is 3.47. The van der Waals surface area contributed by atoms with Crippen LogP contribution in [0.5, 0.6) is 0 Å². The molecule has 6 nitrogen and oxygen atoms in total. The fraction of sp³-hybridized carbons (Fsp3) is 0.111. The zero-order valence-corrected chi connectivity index (χ0v) is 13.1. The highest BCUT2D eigenvalue weighted by Gasteiger charge is 2.07. The molecule has 2 aromatic carbocycles. The second kappa shape index (κ2) is 7.20. The maximum absolute atomic E-state index is 8.95. The molecule has 0 aliphatic rings. The van der Waals surface area contributed by atoms with E-state index in [1.807, 2.05) is 24.3 Å². The van der Waals surface area contributed by atoms with Crippen LogP contribution in [0.25, 0.3) is 0 Å². The monoisotopic (exact) mass is 316 g/mol. The molecule has 2 N–H and O–H groups in total. The molecule has 0 aliphatic carbocycles. The maximum Gasteiger partial charge on any atom is 0.249 e. The van der Waals surface area contributed by atoms with Gasteiger partial charge in [-0.1, -0.05) is 36.4 Å². The van der Waals surface area contributed by atoms with Crippen LogP contribution in [-0.2, 0) is 0 Å². The molecule has 1 heterocycles. The van der Waals surface area contributed by atoms with Crippen LogP contribution in [-0.4, -0.2) is 15.2 Å². The summed E-state index contributed by atoms with van der Waals surface area (Å²) in [5.41, 5.74) is 2.47. The number of hydrogen-bond donors (Lipinski definition) is 2. The van der Waals surface area contributed by atoms with Crippen LogP contribution in [0, 0.1) is 11.3 Å². The third kappa shape index (κ3) is 3.84. The fourth-order valence-electron chi connectivity index (χ4n) is 2.27. The van der Waals surface area contributed by atoms with Gasteiger partial charge < -0.3 is 10.6 Å². The highest BCUT2D eigenvalue weighted by Crippen LogP contribution is 2.19. The van der Waals surface area contributed by atoms with Gasteiger partial charge in [-0.3, -0.25) is 0 Å². The molecule has 0 spiro atoms. The molecular weight excluding hydrogens is 300 g/mol. The molecule has 118 valence electrons. The standard InChI is InChI=1S/C18H16N6/c1-13(15-7-3-2-4-8-15)21-17-12-20-24-18(23-17)22-16-9-5-6-14(10-16)11-19/h2-10,12-13H,1H3,(H2,21,22,23,24). The molecule has 0 radical (unpaired) electrons. The summed E-state index contributed by atoms with van der Waals surface area (Å²) in [5, 5.41) is 23.2. The summed E-state index contributed by atoms with van der Waals surface area (Å²) < 4.78 is 0. The van der Waals surface area contributed by atoms with Gasteiger partial charge in [-0.2, -0.15) is 15.3 Å². The van der Waals surface area contributed by atoms with Crippen molar-refractivity contribution in [1.82, 2.24) is 15.2 Å². The van der Waals surface area contributed by atoms with E-state index in [4.69, 9.17) is 5.26 Å². The Morgan fingerprint density at radius 2 is 1.92 bits per heavy atom. The summed E-state index contributed by atoms with van der Waals surface area (Å²) in [6.07, 6.45) is 1.58. The Balaban J connectivity index is 1.73. The summed E-state index contributed by atoms with van der Waals surface area (Å²) in [5.74, 6) is 0.996. The average molecular weight is 316 g/mol. The van der Waals surface area contributed by atoms with Crippen molar-refractivity contribution in [1.29, 1.82) is 5.26 Å². The number of nitrogens with one attached hydrogen (secondary N) is 2. The fourth-order valence-corrected chi connectivity index (χ4v) is 2.27. The normalized spacial score (nSPS) is 11.3. The SMILES string of the molecule is CC(Nc1cnnc(Nc2cccc(C#N)c2)n1)c1ccccc1. The molecule has 0 bridgehead atoms. The van der Waals surface area contributed by atoms with E-state index in [-0.39, 0.29) is 6.04 Å². The lowest BCUT2D eigenvalue weighted by molar-refractivity contribution is 0.861. The largest absolute Gasteiger partial charge is 0.362 e. The van der Waals surface area contributed by atoms with Crippen LogP contribution in [0.4, 0.5) is 17.5 Å². The van der Waals surface area contributed by atoms with E-state index < -0.39 is 0 Å². The Morgan fingerprint density at radius 1 is 1.08 bits per heavy atom.